The molecule has 1 heterocycles. The van der Waals surface area contributed by atoms with Gasteiger partial charge in [-0.1, -0.05) is 12.5 Å². The van der Waals surface area contributed by atoms with Crippen molar-refractivity contribution in [1.29, 1.82) is 0 Å². The van der Waals surface area contributed by atoms with Crippen molar-refractivity contribution < 1.29 is 13.6 Å². The maximum atomic E-state index is 13.8. The van der Waals surface area contributed by atoms with Gasteiger partial charge < -0.3 is 16.0 Å². The smallest absolute Gasteiger partial charge is 0.224 e. The van der Waals surface area contributed by atoms with Crippen molar-refractivity contribution >= 4 is 11.6 Å². The molecule has 1 aromatic rings. The molecule has 1 aromatic carbocycles. The fraction of sp³-hybridized carbons (Fsp3) is 0.562. The number of nitrogens with zero attached hydrogens (tertiary/aromatic N) is 1. The van der Waals surface area contributed by atoms with Crippen LogP contribution in [0.3, 0.4) is 0 Å². The number of hydrogen-bond acceptors (Lipinski definition) is 3. The lowest BCUT2D eigenvalue weighted by atomic mass is 10.0. The Morgan fingerprint density at radius 2 is 1.95 bits per heavy atom. The van der Waals surface area contributed by atoms with Crippen molar-refractivity contribution in [1.82, 2.24) is 5.32 Å². The van der Waals surface area contributed by atoms with Crippen molar-refractivity contribution in [2.24, 2.45) is 11.7 Å². The van der Waals surface area contributed by atoms with Crippen molar-refractivity contribution in [2.45, 2.75) is 37.8 Å². The molecule has 22 heavy (non-hydrogen) atoms. The topological polar surface area (TPSA) is 58.4 Å². The molecule has 0 radical (unpaired) electrons. The van der Waals surface area contributed by atoms with E-state index in [0.29, 0.717) is 19.5 Å². The summed E-state index contributed by atoms with van der Waals surface area (Å²) in [5.41, 5.74) is 5.94. The van der Waals surface area contributed by atoms with Crippen LogP contribution in [0.1, 0.15) is 25.7 Å². The summed E-state index contributed by atoms with van der Waals surface area (Å²) in [6, 6.07) is 3.70. The van der Waals surface area contributed by atoms with Crippen LogP contribution in [0.5, 0.6) is 0 Å². The van der Waals surface area contributed by atoms with Crippen LogP contribution in [0.2, 0.25) is 0 Å². The molecule has 1 saturated carbocycles. The summed E-state index contributed by atoms with van der Waals surface area (Å²) in [6.07, 6.45) is 3.37. The Morgan fingerprint density at radius 3 is 2.59 bits per heavy atom. The number of amides is 1. The zero-order valence-electron chi connectivity index (χ0n) is 12.4. The highest BCUT2D eigenvalue weighted by atomic mass is 19.1. The first-order valence-corrected chi connectivity index (χ1v) is 7.81. The first kappa shape index (κ1) is 15.2. The number of rotatable bonds is 3. The quantitative estimate of drug-likeness (QED) is 0.895. The summed E-state index contributed by atoms with van der Waals surface area (Å²) < 4.78 is 27.6. The van der Waals surface area contributed by atoms with Crippen LogP contribution in [0.25, 0.3) is 0 Å². The van der Waals surface area contributed by atoms with Crippen LogP contribution < -0.4 is 16.0 Å². The number of hydrogen-bond donors (Lipinski definition) is 2. The predicted octanol–water partition coefficient (Wildman–Crippen LogP) is 1.79. The van der Waals surface area contributed by atoms with Gasteiger partial charge in [0.1, 0.15) is 17.3 Å². The third-order valence-electron chi connectivity index (χ3n) is 4.69. The average molecular weight is 309 g/mol. The number of anilines is 1. The van der Waals surface area contributed by atoms with Gasteiger partial charge in [-0.15, -0.1) is 0 Å². The lowest BCUT2D eigenvalue weighted by Crippen LogP contribution is -2.44. The maximum absolute atomic E-state index is 13.8. The molecule has 3 atom stereocenters. The highest BCUT2D eigenvalue weighted by Crippen LogP contribution is 2.28. The monoisotopic (exact) mass is 309 g/mol. The molecule has 0 bridgehead atoms. The Hall–Kier alpha value is -1.69. The molecule has 2 aliphatic rings. The molecule has 0 spiro atoms. The van der Waals surface area contributed by atoms with E-state index in [2.05, 4.69) is 5.32 Å². The normalized spacial score (nSPS) is 28.1. The van der Waals surface area contributed by atoms with Gasteiger partial charge in [-0.25, -0.2) is 8.78 Å². The van der Waals surface area contributed by atoms with Crippen LogP contribution >= 0.6 is 0 Å². The molecule has 1 aliphatic heterocycles. The second-order valence-corrected chi connectivity index (χ2v) is 6.21. The lowest BCUT2D eigenvalue weighted by molar-refractivity contribution is -0.125. The van der Waals surface area contributed by atoms with E-state index in [0.717, 1.165) is 19.3 Å². The zero-order valence-corrected chi connectivity index (χ0v) is 12.4. The average Bonchev–Trinajstić information content (AvgIpc) is 3.08. The van der Waals surface area contributed by atoms with Gasteiger partial charge in [0.15, 0.2) is 0 Å². The molecular weight excluding hydrogens is 288 g/mol. The number of nitrogens with one attached hydrogen (secondary N) is 1. The Labute approximate surface area is 128 Å². The fourth-order valence-corrected chi connectivity index (χ4v) is 3.49. The molecule has 120 valence electrons. The van der Waals surface area contributed by atoms with Gasteiger partial charge in [0.2, 0.25) is 5.91 Å². The Kier molecular flexibility index (Phi) is 4.29. The molecule has 4 nitrogen and oxygen atoms in total. The molecule has 3 N–H and O–H groups in total. The number of carbonyl (C=O) groups is 1. The summed E-state index contributed by atoms with van der Waals surface area (Å²) >= 11 is 0. The minimum Gasteiger partial charge on any atom is -0.365 e. The molecule has 0 aromatic heterocycles. The van der Waals surface area contributed by atoms with Crippen LogP contribution in [-0.4, -0.2) is 31.1 Å². The third-order valence-corrected chi connectivity index (χ3v) is 4.69. The van der Waals surface area contributed by atoms with E-state index >= 15 is 0 Å². The highest BCUT2D eigenvalue weighted by molar-refractivity contribution is 5.80. The fourth-order valence-electron chi connectivity index (χ4n) is 3.49. The maximum Gasteiger partial charge on any atom is 0.224 e. The van der Waals surface area contributed by atoms with Crippen LogP contribution in [0, 0.1) is 17.6 Å². The van der Waals surface area contributed by atoms with Gasteiger partial charge in [0.05, 0.1) is 5.92 Å². The van der Waals surface area contributed by atoms with E-state index in [1.54, 1.807) is 4.90 Å². The zero-order chi connectivity index (χ0) is 15.7. The van der Waals surface area contributed by atoms with Crippen molar-refractivity contribution in [3.05, 3.63) is 29.8 Å². The standard InChI is InChI=1S/C16H21F2N3O/c17-12-4-2-5-13(18)15(12)21-8-7-10(9-21)20-16(22)11-3-1-6-14(11)19/h2,4-5,10-11,14H,1,3,6-9,19H2,(H,20,22). The molecule has 1 aliphatic carbocycles. The van der Waals surface area contributed by atoms with Gasteiger partial charge in [0, 0.05) is 25.2 Å². The molecular formula is C16H21F2N3O. The van der Waals surface area contributed by atoms with E-state index in [9.17, 15) is 13.6 Å². The highest BCUT2D eigenvalue weighted by Gasteiger charge is 2.33. The first-order valence-electron chi connectivity index (χ1n) is 7.81. The van der Waals surface area contributed by atoms with E-state index in [4.69, 9.17) is 5.73 Å². The summed E-state index contributed by atoms with van der Waals surface area (Å²) in [5.74, 6) is -1.28. The van der Waals surface area contributed by atoms with Gasteiger partial charge >= 0.3 is 0 Å². The van der Waals surface area contributed by atoms with Gasteiger partial charge in [-0.2, -0.15) is 0 Å². The van der Waals surface area contributed by atoms with Gasteiger partial charge in [-0.3, -0.25) is 4.79 Å². The van der Waals surface area contributed by atoms with Gasteiger partial charge in [0.25, 0.3) is 0 Å². The number of nitrogens with two attached hydrogens (primary N) is 1. The number of carbonyl (C=O) groups excluding carboxylic acids is 1. The van der Waals surface area contributed by atoms with Crippen LogP contribution in [0.4, 0.5) is 14.5 Å². The molecule has 1 amide bonds. The molecule has 3 unspecified atom stereocenters. The summed E-state index contributed by atoms with van der Waals surface area (Å²) in [6.45, 7) is 0.949. The number of benzene rings is 1. The third kappa shape index (κ3) is 2.92. The number of halogens is 2. The van der Waals surface area contributed by atoms with E-state index in [-0.39, 0.29) is 29.6 Å². The Bertz CT molecular complexity index is 546. The van der Waals surface area contributed by atoms with Crippen LogP contribution in [-0.2, 0) is 4.79 Å². The summed E-state index contributed by atoms with van der Waals surface area (Å²) in [7, 11) is 0. The number of para-hydroxylation sites is 1. The largest absolute Gasteiger partial charge is 0.365 e. The van der Waals surface area contributed by atoms with Crippen molar-refractivity contribution in [2.75, 3.05) is 18.0 Å². The Balaban J connectivity index is 1.62. The van der Waals surface area contributed by atoms with E-state index in [1.807, 2.05) is 0 Å². The predicted molar refractivity (Wildman–Crippen MR) is 80.4 cm³/mol. The van der Waals surface area contributed by atoms with Crippen molar-refractivity contribution in [3.8, 4) is 0 Å². The first-order chi connectivity index (χ1) is 10.6. The minimum absolute atomic E-state index is 0.00295. The molecule has 1 saturated heterocycles. The minimum atomic E-state index is -0.565. The molecule has 6 heteroatoms. The van der Waals surface area contributed by atoms with E-state index < -0.39 is 11.6 Å². The Morgan fingerprint density at radius 1 is 1.23 bits per heavy atom. The van der Waals surface area contributed by atoms with Crippen molar-refractivity contribution in [3.63, 3.8) is 0 Å². The summed E-state index contributed by atoms with van der Waals surface area (Å²) in [4.78, 5) is 13.9. The second kappa shape index (κ2) is 6.20. The van der Waals surface area contributed by atoms with Crippen LogP contribution in [0.15, 0.2) is 18.2 Å². The second-order valence-electron chi connectivity index (χ2n) is 6.21. The van der Waals surface area contributed by atoms with E-state index in [1.165, 1.54) is 18.2 Å². The molecule has 3 rings (SSSR count). The SMILES string of the molecule is NC1CCCC1C(=O)NC1CCN(c2c(F)cccc2F)C1. The summed E-state index contributed by atoms with van der Waals surface area (Å²) in [5, 5.41) is 2.98. The lowest BCUT2D eigenvalue weighted by Gasteiger charge is -2.21. The van der Waals surface area contributed by atoms with Gasteiger partial charge in [-0.05, 0) is 31.4 Å². The molecule has 2 fully saturated rings.